The summed E-state index contributed by atoms with van der Waals surface area (Å²) in [5.74, 6) is 1.42. The van der Waals surface area contributed by atoms with Crippen LogP contribution >= 0.6 is 0 Å². The molecule has 0 bridgehead atoms. The molecule has 2 rings (SSSR count). The van der Waals surface area contributed by atoms with Crippen LogP contribution in [0.1, 0.15) is 19.8 Å². The van der Waals surface area contributed by atoms with E-state index < -0.39 is 0 Å². The Balaban J connectivity index is 2.03. The molecule has 1 aliphatic heterocycles. The van der Waals surface area contributed by atoms with E-state index in [1.807, 2.05) is 19.1 Å². The summed E-state index contributed by atoms with van der Waals surface area (Å²) in [5, 5.41) is 6.19. The van der Waals surface area contributed by atoms with Gasteiger partial charge in [-0.2, -0.15) is 0 Å². The van der Waals surface area contributed by atoms with E-state index in [0.29, 0.717) is 18.1 Å². The quantitative estimate of drug-likeness (QED) is 0.865. The van der Waals surface area contributed by atoms with Crippen molar-refractivity contribution >= 4 is 11.6 Å². The molecule has 20 heavy (non-hydrogen) atoms. The van der Waals surface area contributed by atoms with Gasteiger partial charge < -0.3 is 20.1 Å². The van der Waals surface area contributed by atoms with E-state index in [-0.39, 0.29) is 11.8 Å². The zero-order valence-corrected chi connectivity index (χ0v) is 12.1. The van der Waals surface area contributed by atoms with Crippen molar-refractivity contribution < 1.29 is 14.3 Å². The van der Waals surface area contributed by atoms with Gasteiger partial charge in [0.2, 0.25) is 5.91 Å². The molecule has 1 atom stereocenters. The van der Waals surface area contributed by atoms with Crippen molar-refractivity contribution in [1.29, 1.82) is 0 Å². The van der Waals surface area contributed by atoms with Gasteiger partial charge in [-0.05, 0) is 38.4 Å². The number of anilines is 1. The summed E-state index contributed by atoms with van der Waals surface area (Å²) >= 11 is 0. The fourth-order valence-corrected chi connectivity index (χ4v) is 2.34. The summed E-state index contributed by atoms with van der Waals surface area (Å²) in [5.41, 5.74) is 0.737. The SMILES string of the molecule is CCOc1ccc(NC(=O)[C@@H]2CCCNC2)cc1OC. The van der Waals surface area contributed by atoms with Crippen LogP contribution in [0.4, 0.5) is 5.69 Å². The summed E-state index contributed by atoms with van der Waals surface area (Å²) in [4.78, 5) is 12.2. The molecule has 1 aromatic carbocycles. The molecule has 0 aromatic heterocycles. The average molecular weight is 278 g/mol. The Morgan fingerprint density at radius 1 is 1.45 bits per heavy atom. The van der Waals surface area contributed by atoms with Gasteiger partial charge in [0.15, 0.2) is 11.5 Å². The lowest BCUT2D eigenvalue weighted by Crippen LogP contribution is -2.37. The van der Waals surface area contributed by atoms with E-state index in [9.17, 15) is 4.79 Å². The van der Waals surface area contributed by atoms with Gasteiger partial charge in [-0.1, -0.05) is 0 Å². The second-order valence-corrected chi connectivity index (χ2v) is 4.83. The number of piperidine rings is 1. The summed E-state index contributed by atoms with van der Waals surface area (Å²) in [6, 6.07) is 5.44. The van der Waals surface area contributed by atoms with Gasteiger partial charge in [-0.15, -0.1) is 0 Å². The monoisotopic (exact) mass is 278 g/mol. The van der Waals surface area contributed by atoms with Gasteiger partial charge in [0.25, 0.3) is 0 Å². The zero-order valence-electron chi connectivity index (χ0n) is 12.1. The number of amides is 1. The second-order valence-electron chi connectivity index (χ2n) is 4.83. The first kappa shape index (κ1) is 14.7. The minimum absolute atomic E-state index is 0.0429. The molecular weight excluding hydrogens is 256 g/mol. The van der Waals surface area contributed by atoms with Gasteiger partial charge in [0, 0.05) is 18.3 Å². The van der Waals surface area contributed by atoms with Gasteiger partial charge in [0.1, 0.15) is 0 Å². The van der Waals surface area contributed by atoms with Gasteiger partial charge >= 0.3 is 0 Å². The van der Waals surface area contributed by atoms with Crippen molar-refractivity contribution in [1.82, 2.24) is 5.32 Å². The molecule has 1 aliphatic rings. The number of nitrogens with one attached hydrogen (secondary N) is 2. The first-order chi connectivity index (χ1) is 9.74. The molecule has 0 unspecified atom stereocenters. The lowest BCUT2D eigenvalue weighted by molar-refractivity contribution is -0.120. The molecule has 0 spiro atoms. The van der Waals surface area contributed by atoms with Crippen LogP contribution in [0.2, 0.25) is 0 Å². The predicted molar refractivity (Wildman–Crippen MR) is 78.4 cm³/mol. The number of benzene rings is 1. The summed E-state index contributed by atoms with van der Waals surface area (Å²) in [7, 11) is 1.59. The number of methoxy groups -OCH3 is 1. The molecule has 0 saturated carbocycles. The van der Waals surface area contributed by atoms with E-state index in [4.69, 9.17) is 9.47 Å². The molecule has 5 nitrogen and oxygen atoms in total. The first-order valence-corrected chi connectivity index (χ1v) is 7.07. The van der Waals surface area contributed by atoms with Gasteiger partial charge in [-0.3, -0.25) is 4.79 Å². The van der Waals surface area contributed by atoms with E-state index in [1.165, 1.54) is 0 Å². The Morgan fingerprint density at radius 3 is 2.95 bits per heavy atom. The maximum Gasteiger partial charge on any atom is 0.228 e. The number of ether oxygens (including phenoxy) is 2. The summed E-state index contributed by atoms with van der Waals surface area (Å²) in [6.07, 6.45) is 1.98. The predicted octanol–water partition coefficient (Wildman–Crippen LogP) is 2.03. The van der Waals surface area contributed by atoms with Gasteiger partial charge in [0.05, 0.1) is 19.6 Å². The second kappa shape index (κ2) is 7.14. The number of carbonyl (C=O) groups is 1. The van der Waals surface area contributed by atoms with Crippen LogP contribution in [0.5, 0.6) is 11.5 Å². The van der Waals surface area contributed by atoms with Crippen molar-refractivity contribution in [2.24, 2.45) is 5.92 Å². The van der Waals surface area contributed by atoms with Crippen LogP contribution in [0.15, 0.2) is 18.2 Å². The Hall–Kier alpha value is -1.75. The standard InChI is InChI=1S/C15H22N2O3/c1-3-20-13-7-6-12(9-14(13)19-2)17-15(18)11-5-4-8-16-10-11/h6-7,9,11,16H,3-5,8,10H2,1-2H3,(H,17,18)/t11-/m1/s1. The molecule has 110 valence electrons. The summed E-state index contributed by atoms with van der Waals surface area (Å²) in [6.45, 7) is 4.25. The van der Waals surface area contributed by atoms with E-state index in [0.717, 1.165) is 31.6 Å². The maximum atomic E-state index is 12.2. The molecule has 1 amide bonds. The molecule has 1 heterocycles. The van der Waals surface area contributed by atoms with Gasteiger partial charge in [-0.25, -0.2) is 0 Å². The topological polar surface area (TPSA) is 59.6 Å². The van der Waals surface area contributed by atoms with E-state index >= 15 is 0 Å². The molecule has 0 aliphatic carbocycles. The number of hydrogen-bond acceptors (Lipinski definition) is 4. The molecule has 5 heteroatoms. The van der Waals surface area contributed by atoms with Crippen molar-refractivity contribution in [3.63, 3.8) is 0 Å². The third kappa shape index (κ3) is 3.63. The minimum atomic E-state index is 0.0429. The lowest BCUT2D eigenvalue weighted by Gasteiger charge is -2.22. The highest BCUT2D eigenvalue weighted by atomic mass is 16.5. The number of carbonyl (C=O) groups excluding carboxylic acids is 1. The maximum absolute atomic E-state index is 12.2. The fraction of sp³-hybridized carbons (Fsp3) is 0.533. The Morgan fingerprint density at radius 2 is 2.30 bits per heavy atom. The normalized spacial score (nSPS) is 18.4. The fourth-order valence-electron chi connectivity index (χ4n) is 2.34. The average Bonchev–Trinajstić information content (AvgIpc) is 2.50. The summed E-state index contributed by atoms with van der Waals surface area (Å²) < 4.78 is 10.7. The first-order valence-electron chi connectivity index (χ1n) is 7.07. The van der Waals surface area contributed by atoms with E-state index in [1.54, 1.807) is 13.2 Å². The minimum Gasteiger partial charge on any atom is -0.493 e. The lowest BCUT2D eigenvalue weighted by atomic mass is 9.99. The van der Waals surface area contributed by atoms with Crippen LogP contribution in [0, 0.1) is 5.92 Å². The van der Waals surface area contributed by atoms with Crippen molar-refractivity contribution in [3.05, 3.63) is 18.2 Å². The zero-order chi connectivity index (χ0) is 14.4. The van der Waals surface area contributed by atoms with Crippen LogP contribution in [-0.2, 0) is 4.79 Å². The third-order valence-electron chi connectivity index (χ3n) is 3.40. The van der Waals surface area contributed by atoms with E-state index in [2.05, 4.69) is 10.6 Å². The van der Waals surface area contributed by atoms with Crippen LogP contribution in [0.25, 0.3) is 0 Å². The molecule has 1 fully saturated rings. The van der Waals surface area contributed by atoms with Crippen LogP contribution in [-0.4, -0.2) is 32.7 Å². The van der Waals surface area contributed by atoms with Crippen LogP contribution < -0.4 is 20.1 Å². The molecule has 1 aromatic rings. The van der Waals surface area contributed by atoms with Crippen LogP contribution in [0.3, 0.4) is 0 Å². The van der Waals surface area contributed by atoms with Crippen molar-refractivity contribution in [2.75, 3.05) is 32.1 Å². The van der Waals surface area contributed by atoms with Crippen molar-refractivity contribution in [2.45, 2.75) is 19.8 Å². The number of rotatable bonds is 5. The Kier molecular flexibility index (Phi) is 5.24. The highest BCUT2D eigenvalue weighted by Gasteiger charge is 2.21. The molecule has 0 radical (unpaired) electrons. The molecule has 2 N–H and O–H groups in total. The third-order valence-corrected chi connectivity index (χ3v) is 3.40. The molecular formula is C15H22N2O3. The number of hydrogen-bond donors (Lipinski definition) is 2. The highest BCUT2D eigenvalue weighted by Crippen LogP contribution is 2.30. The largest absolute Gasteiger partial charge is 0.493 e. The highest BCUT2D eigenvalue weighted by molar-refractivity contribution is 5.93. The van der Waals surface area contributed by atoms with Crippen molar-refractivity contribution in [3.8, 4) is 11.5 Å². The Bertz CT molecular complexity index is 456. The Labute approximate surface area is 119 Å². The molecule has 1 saturated heterocycles. The smallest absolute Gasteiger partial charge is 0.228 e.